The Kier molecular flexibility index (Phi) is 6.41. The topological polar surface area (TPSA) is 98.5 Å². The molecule has 0 aliphatic rings. The van der Waals surface area contributed by atoms with Crippen molar-refractivity contribution in [1.82, 2.24) is 4.98 Å². The third-order valence-corrected chi connectivity index (χ3v) is 4.34. The molecule has 1 heterocycles. The van der Waals surface area contributed by atoms with E-state index in [0.717, 1.165) is 5.56 Å². The van der Waals surface area contributed by atoms with Crippen LogP contribution in [0.5, 0.6) is 0 Å². The van der Waals surface area contributed by atoms with E-state index in [0.29, 0.717) is 22.9 Å². The van der Waals surface area contributed by atoms with Crippen molar-refractivity contribution >= 4 is 23.3 Å². The van der Waals surface area contributed by atoms with Gasteiger partial charge in [-0.15, -0.1) is 0 Å². The molecule has 0 bridgehead atoms. The number of amides is 1. The number of Topliss-reactive ketones (excluding diaryl/α,β-unsaturated/α-hetero) is 1. The minimum Gasteiger partial charge on any atom is -0.452 e. The first-order valence-corrected chi connectivity index (χ1v) is 9.49. The molecular weight excluding hydrogens is 384 g/mol. The van der Waals surface area contributed by atoms with Gasteiger partial charge >= 0.3 is 5.97 Å². The molecule has 0 atom stereocenters. The van der Waals surface area contributed by atoms with Crippen molar-refractivity contribution in [2.75, 3.05) is 11.9 Å². The number of esters is 1. The molecule has 1 N–H and O–H groups in total. The summed E-state index contributed by atoms with van der Waals surface area (Å²) in [6.45, 7) is 4.77. The number of ketones is 1. The quantitative estimate of drug-likeness (QED) is 0.464. The van der Waals surface area contributed by atoms with Crippen LogP contribution in [0.15, 0.2) is 59.0 Å². The SMILES string of the molecule is Cc1oc(-c2ccccc2)nc1C(=O)OCC(=O)c1ccc(NC(=O)C(C)C)cc1. The van der Waals surface area contributed by atoms with Gasteiger partial charge in [-0.1, -0.05) is 32.0 Å². The van der Waals surface area contributed by atoms with Gasteiger partial charge in [0.05, 0.1) is 0 Å². The molecule has 0 radical (unpaired) electrons. The first kappa shape index (κ1) is 21.0. The second kappa shape index (κ2) is 9.17. The largest absolute Gasteiger partial charge is 0.452 e. The van der Waals surface area contributed by atoms with Gasteiger partial charge in [0.25, 0.3) is 0 Å². The van der Waals surface area contributed by atoms with Crippen LogP contribution in [-0.4, -0.2) is 29.3 Å². The molecule has 1 aromatic heterocycles. The van der Waals surface area contributed by atoms with Gasteiger partial charge < -0.3 is 14.5 Å². The van der Waals surface area contributed by atoms with E-state index < -0.39 is 12.6 Å². The minimum atomic E-state index is -0.729. The Hall–Kier alpha value is -3.74. The van der Waals surface area contributed by atoms with Crippen LogP contribution in [0.3, 0.4) is 0 Å². The zero-order chi connectivity index (χ0) is 21.7. The first-order valence-electron chi connectivity index (χ1n) is 9.49. The summed E-state index contributed by atoms with van der Waals surface area (Å²) in [4.78, 5) is 40.6. The van der Waals surface area contributed by atoms with Gasteiger partial charge in [-0.05, 0) is 43.3 Å². The highest BCUT2D eigenvalue weighted by atomic mass is 16.5. The van der Waals surface area contributed by atoms with Crippen LogP contribution >= 0.6 is 0 Å². The summed E-state index contributed by atoms with van der Waals surface area (Å²) in [5.74, 6) is -0.724. The van der Waals surface area contributed by atoms with Crippen molar-refractivity contribution in [3.63, 3.8) is 0 Å². The lowest BCUT2D eigenvalue weighted by Gasteiger charge is -2.08. The summed E-state index contributed by atoms with van der Waals surface area (Å²) in [5.41, 5.74) is 1.73. The van der Waals surface area contributed by atoms with Crippen molar-refractivity contribution in [3.05, 3.63) is 71.6 Å². The predicted molar refractivity (Wildman–Crippen MR) is 111 cm³/mol. The number of carbonyl (C=O) groups is 3. The minimum absolute atomic E-state index is 0.0356. The number of benzene rings is 2. The number of nitrogens with one attached hydrogen (secondary N) is 1. The normalized spacial score (nSPS) is 10.7. The number of hydrogen-bond acceptors (Lipinski definition) is 6. The number of carbonyl (C=O) groups excluding carboxylic acids is 3. The highest BCUT2D eigenvalue weighted by Crippen LogP contribution is 2.22. The van der Waals surface area contributed by atoms with Crippen molar-refractivity contribution in [2.45, 2.75) is 20.8 Å². The van der Waals surface area contributed by atoms with Crippen LogP contribution < -0.4 is 5.32 Å². The number of anilines is 1. The molecule has 7 heteroatoms. The maximum atomic E-state index is 12.3. The fourth-order valence-corrected chi connectivity index (χ4v) is 2.60. The lowest BCUT2D eigenvalue weighted by molar-refractivity contribution is -0.118. The predicted octanol–water partition coefficient (Wildman–Crippen LogP) is 4.28. The first-order chi connectivity index (χ1) is 14.3. The van der Waals surface area contributed by atoms with Gasteiger partial charge in [0.1, 0.15) is 5.76 Å². The van der Waals surface area contributed by atoms with Gasteiger partial charge in [0.2, 0.25) is 11.8 Å². The highest BCUT2D eigenvalue weighted by molar-refractivity contribution is 6.00. The molecule has 2 aromatic carbocycles. The van der Waals surface area contributed by atoms with Gasteiger partial charge in [-0.2, -0.15) is 0 Å². The fraction of sp³-hybridized carbons (Fsp3) is 0.217. The number of rotatable bonds is 7. The molecule has 0 aliphatic heterocycles. The Morgan fingerprint density at radius 1 is 1.03 bits per heavy atom. The Morgan fingerprint density at radius 3 is 2.33 bits per heavy atom. The van der Waals surface area contributed by atoms with Crippen molar-refractivity contribution in [1.29, 1.82) is 0 Å². The van der Waals surface area contributed by atoms with Crippen LogP contribution in [0, 0.1) is 12.8 Å². The number of hydrogen-bond donors (Lipinski definition) is 1. The molecule has 3 rings (SSSR count). The van der Waals surface area contributed by atoms with Gasteiger partial charge in [-0.3, -0.25) is 9.59 Å². The molecule has 0 saturated carbocycles. The lowest BCUT2D eigenvalue weighted by Crippen LogP contribution is -2.18. The van der Waals surface area contributed by atoms with E-state index in [4.69, 9.17) is 9.15 Å². The zero-order valence-electron chi connectivity index (χ0n) is 17.0. The Morgan fingerprint density at radius 2 is 1.70 bits per heavy atom. The Labute approximate surface area is 174 Å². The van der Waals surface area contributed by atoms with Crippen LogP contribution in [0.25, 0.3) is 11.5 Å². The number of aryl methyl sites for hydroxylation is 1. The fourth-order valence-electron chi connectivity index (χ4n) is 2.60. The number of oxazole rings is 1. The van der Waals surface area contributed by atoms with Crippen molar-refractivity contribution in [3.8, 4) is 11.5 Å². The van der Waals surface area contributed by atoms with E-state index in [1.807, 2.05) is 30.3 Å². The Balaban J connectivity index is 1.60. The lowest BCUT2D eigenvalue weighted by atomic mass is 10.1. The zero-order valence-corrected chi connectivity index (χ0v) is 17.0. The number of aromatic nitrogens is 1. The summed E-state index contributed by atoms with van der Waals surface area (Å²) in [7, 11) is 0. The maximum Gasteiger partial charge on any atom is 0.361 e. The van der Waals surface area contributed by atoms with Crippen molar-refractivity contribution in [2.24, 2.45) is 5.92 Å². The van der Waals surface area contributed by atoms with E-state index in [9.17, 15) is 14.4 Å². The van der Waals surface area contributed by atoms with Crippen LogP contribution in [-0.2, 0) is 9.53 Å². The monoisotopic (exact) mass is 406 g/mol. The van der Waals surface area contributed by atoms with E-state index in [1.54, 1.807) is 45.0 Å². The molecule has 0 saturated heterocycles. The average Bonchev–Trinajstić information content (AvgIpc) is 3.14. The van der Waals surface area contributed by atoms with Crippen LogP contribution in [0.4, 0.5) is 5.69 Å². The summed E-state index contributed by atoms with van der Waals surface area (Å²) in [6, 6.07) is 15.6. The molecule has 1 amide bonds. The van der Waals surface area contributed by atoms with E-state index in [2.05, 4.69) is 10.3 Å². The summed E-state index contributed by atoms with van der Waals surface area (Å²) in [6.07, 6.45) is 0. The average molecular weight is 406 g/mol. The smallest absolute Gasteiger partial charge is 0.361 e. The highest BCUT2D eigenvalue weighted by Gasteiger charge is 2.20. The summed E-state index contributed by atoms with van der Waals surface area (Å²) >= 11 is 0. The van der Waals surface area contributed by atoms with Gasteiger partial charge in [0, 0.05) is 22.7 Å². The molecule has 0 unspecified atom stereocenters. The molecule has 0 aliphatic carbocycles. The number of ether oxygens (including phenoxy) is 1. The van der Waals surface area contributed by atoms with Crippen LogP contribution in [0.2, 0.25) is 0 Å². The third-order valence-electron chi connectivity index (χ3n) is 4.34. The van der Waals surface area contributed by atoms with Crippen molar-refractivity contribution < 1.29 is 23.5 Å². The molecule has 0 fully saturated rings. The standard InChI is InChI=1S/C23H22N2O5/c1-14(2)21(27)24-18-11-9-16(10-12-18)19(26)13-29-23(28)20-15(3)30-22(25-20)17-7-5-4-6-8-17/h4-12,14H,13H2,1-3H3,(H,24,27). The van der Waals surface area contributed by atoms with E-state index in [-0.39, 0.29) is 23.3 Å². The maximum absolute atomic E-state index is 12.3. The molecular formula is C23H22N2O5. The van der Waals surface area contributed by atoms with Gasteiger partial charge in [0.15, 0.2) is 18.1 Å². The second-order valence-electron chi connectivity index (χ2n) is 7.01. The van der Waals surface area contributed by atoms with E-state index >= 15 is 0 Å². The molecule has 0 spiro atoms. The Bertz CT molecular complexity index is 1050. The molecule has 154 valence electrons. The summed E-state index contributed by atoms with van der Waals surface area (Å²) in [5, 5.41) is 2.75. The number of nitrogens with zero attached hydrogens (tertiary/aromatic N) is 1. The van der Waals surface area contributed by atoms with E-state index in [1.165, 1.54) is 0 Å². The van der Waals surface area contributed by atoms with Crippen LogP contribution in [0.1, 0.15) is 40.5 Å². The molecule has 7 nitrogen and oxygen atoms in total. The third kappa shape index (κ3) is 5.00. The summed E-state index contributed by atoms with van der Waals surface area (Å²) < 4.78 is 10.7. The molecule has 3 aromatic rings. The molecule has 30 heavy (non-hydrogen) atoms. The second-order valence-corrected chi connectivity index (χ2v) is 7.01. The van der Waals surface area contributed by atoms with Gasteiger partial charge in [-0.25, -0.2) is 9.78 Å².